The van der Waals surface area contributed by atoms with Gasteiger partial charge in [-0.2, -0.15) is 5.10 Å². The van der Waals surface area contributed by atoms with Gasteiger partial charge in [-0.15, -0.1) is 0 Å². The largest absolute Gasteiger partial charge is 0.382 e. The van der Waals surface area contributed by atoms with Crippen molar-refractivity contribution < 1.29 is 4.79 Å². The lowest BCUT2D eigenvalue weighted by Crippen LogP contribution is -2.22. The van der Waals surface area contributed by atoms with Crippen molar-refractivity contribution >= 4 is 28.2 Å². The molecule has 1 fully saturated rings. The van der Waals surface area contributed by atoms with Gasteiger partial charge in [-0.3, -0.25) is 9.48 Å². The maximum atomic E-state index is 12.2. The number of nitrogens with two attached hydrogens (primary N) is 1. The molecule has 3 N–H and O–H groups in total. The third-order valence-corrected chi connectivity index (χ3v) is 4.57. The van der Waals surface area contributed by atoms with Crippen molar-refractivity contribution in [2.75, 3.05) is 23.7 Å². The Bertz CT molecular complexity index is 643. The number of nitrogens with zero attached hydrogens (tertiary/aromatic N) is 4. The van der Waals surface area contributed by atoms with Gasteiger partial charge >= 0.3 is 0 Å². The average Bonchev–Trinajstić information content (AvgIpc) is 3.16. The molecule has 3 rings (SSSR count). The lowest BCUT2D eigenvalue weighted by molar-refractivity contribution is 0.0955. The van der Waals surface area contributed by atoms with Gasteiger partial charge in [0.2, 0.25) is 0 Å². The van der Waals surface area contributed by atoms with Crippen LogP contribution in [-0.2, 0) is 13.6 Å². The lowest BCUT2D eigenvalue weighted by atomic mass is 10.3. The number of aromatic nitrogens is 3. The number of rotatable bonds is 4. The zero-order valence-electron chi connectivity index (χ0n) is 11.9. The Morgan fingerprint density at radius 2 is 2.24 bits per heavy atom. The van der Waals surface area contributed by atoms with E-state index in [1.807, 2.05) is 13.2 Å². The number of nitrogens with one attached hydrogen (secondary N) is 1. The van der Waals surface area contributed by atoms with Gasteiger partial charge < -0.3 is 16.0 Å². The van der Waals surface area contributed by atoms with Crippen LogP contribution in [0.15, 0.2) is 12.4 Å². The third kappa shape index (κ3) is 2.99. The number of nitrogen functional groups attached to an aromatic ring is 1. The highest BCUT2D eigenvalue weighted by Gasteiger charge is 2.21. The monoisotopic (exact) mass is 306 g/mol. The molecule has 0 saturated carbocycles. The molecular formula is C13H18N6OS. The summed E-state index contributed by atoms with van der Waals surface area (Å²) >= 11 is 1.36. The molecule has 1 saturated heterocycles. The molecule has 0 aromatic carbocycles. The van der Waals surface area contributed by atoms with Gasteiger partial charge in [0, 0.05) is 38.4 Å². The van der Waals surface area contributed by atoms with Gasteiger partial charge in [-0.1, -0.05) is 11.3 Å². The Morgan fingerprint density at radius 3 is 2.90 bits per heavy atom. The molecule has 2 aromatic rings. The Labute approximate surface area is 126 Å². The molecule has 0 bridgehead atoms. The molecule has 8 heteroatoms. The summed E-state index contributed by atoms with van der Waals surface area (Å²) in [5.74, 6) is 0.130. The molecule has 0 spiro atoms. The van der Waals surface area contributed by atoms with Crippen LogP contribution in [0.1, 0.15) is 28.1 Å². The lowest BCUT2D eigenvalue weighted by Gasteiger charge is -2.11. The number of hydrogen-bond donors (Lipinski definition) is 2. The summed E-state index contributed by atoms with van der Waals surface area (Å²) < 4.78 is 1.70. The molecule has 0 radical (unpaired) electrons. The Balaban J connectivity index is 1.66. The van der Waals surface area contributed by atoms with E-state index in [1.165, 1.54) is 24.2 Å². The van der Waals surface area contributed by atoms with Gasteiger partial charge in [0.05, 0.1) is 6.20 Å². The van der Waals surface area contributed by atoms with Crippen molar-refractivity contribution in [1.29, 1.82) is 0 Å². The first-order valence-electron chi connectivity index (χ1n) is 6.90. The first-order chi connectivity index (χ1) is 10.1. The SMILES string of the molecule is Cn1cc(CNC(=O)c2sc(N3CCCC3)nc2N)cn1. The summed E-state index contributed by atoms with van der Waals surface area (Å²) in [6.07, 6.45) is 5.93. The van der Waals surface area contributed by atoms with Crippen LogP contribution < -0.4 is 16.0 Å². The fourth-order valence-electron chi connectivity index (χ4n) is 2.35. The van der Waals surface area contributed by atoms with Crippen LogP contribution in [0.4, 0.5) is 10.9 Å². The van der Waals surface area contributed by atoms with E-state index in [2.05, 4.69) is 20.3 Å². The standard InChI is InChI=1S/C13H18N6OS/c1-18-8-9(7-16-18)6-15-12(20)10-11(14)17-13(21-10)19-4-2-3-5-19/h7-8H,2-6,14H2,1H3,(H,15,20). The molecule has 112 valence electrons. The number of hydrogen-bond acceptors (Lipinski definition) is 6. The van der Waals surface area contributed by atoms with E-state index in [9.17, 15) is 4.79 Å². The minimum atomic E-state index is -0.181. The zero-order chi connectivity index (χ0) is 14.8. The molecule has 0 unspecified atom stereocenters. The molecule has 2 aromatic heterocycles. The van der Waals surface area contributed by atoms with Crippen LogP contribution in [0.3, 0.4) is 0 Å². The van der Waals surface area contributed by atoms with Gasteiger partial charge in [0.1, 0.15) is 10.7 Å². The van der Waals surface area contributed by atoms with Crippen molar-refractivity contribution in [3.63, 3.8) is 0 Å². The van der Waals surface area contributed by atoms with Crippen molar-refractivity contribution in [3.05, 3.63) is 22.8 Å². The molecule has 1 aliphatic rings. The number of carbonyl (C=O) groups excluding carboxylic acids is 1. The maximum Gasteiger partial charge on any atom is 0.265 e. The Kier molecular flexibility index (Phi) is 3.78. The molecule has 3 heterocycles. The summed E-state index contributed by atoms with van der Waals surface area (Å²) in [6, 6.07) is 0. The van der Waals surface area contributed by atoms with E-state index in [0.29, 0.717) is 17.2 Å². The van der Waals surface area contributed by atoms with Crippen LogP contribution >= 0.6 is 11.3 Å². The second-order valence-electron chi connectivity index (χ2n) is 5.11. The second kappa shape index (κ2) is 5.72. The molecule has 0 aliphatic carbocycles. The van der Waals surface area contributed by atoms with E-state index < -0.39 is 0 Å². The highest BCUT2D eigenvalue weighted by atomic mass is 32.1. The van der Waals surface area contributed by atoms with Gasteiger partial charge in [0.15, 0.2) is 5.13 Å². The van der Waals surface area contributed by atoms with E-state index in [0.717, 1.165) is 23.8 Å². The predicted octanol–water partition coefficient (Wildman–Crippen LogP) is 0.989. The van der Waals surface area contributed by atoms with E-state index in [1.54, 1.807) is 10.9 Å². The fraction of sp³-hybridized carbons (Fsp3) is 0.462. The highest BCUT2D eigenvalue weighted by Crippen LogP contribution is 2.30. The van der Waals surface area contributed by atoms with Crippen molar-refractivity contribution in [1.82, 2.24) is 20.1 Å². The van der Waals surface area contributed by atoms with Crippen LogP contribution in [0, 0.1) is 0 Å². The number of anilines is 2. The quantitative estimate of drug-likeness (QED) is 0.879. The first kappa shape index (κ1) is 13.9. The summed E-state index contributed by atoms with van der Waals surface area (Å²) in [5, 5.41) is 7.76. The van der Waals surface area contributed by atoms with Crippen LogP contribution in [-0.4, -0.2) is 33.8 Å². The Morgan fingerprint density at radius 1 is 1.48 bits per heavy atom. The van der Waals surface area contributed by atoms with Gasteiger partial charge in [0.25, 0.3) is 5.91 Å². The van der Waals surface area contributed by atoms with Crippen LogP contribution in [0.5, 0.6) is 0 Å². The Hall–Kier alpha value is -2.09. The topological polar surface area (TPSA) is 89.1 Å². The molecule has 7 nitrogen and oxygen atoms in total. The number of thiazole rings is 1. The summed E-state index contributed by atoms with van der Waals surface area (Å²) in [4.78, 5) is 19.2. The summed E-state index contributed by atoms with van der Waals surface area (Å²) in [6.45, 7) is 2.41. The first-order valence-corrected chi connectivity index (χ1v) is 7.72. The summed E-state index contributed by atoms with van der Waals surface area (Å²) in [5.41, 5.74) is 6.83. The maximum absolute atomic E-state index is 12.2. The van der Waals surface area contributed by atoms with E-state index in [-0.39, 0.29) is 5.91 Å². The van der Waals surface area contributed by atoms with E-state index in [4.69, 9.17) is 5.73 Å². The highest BCUT2D eigenvalue weighted by molar-refractivity contribution is 7.18. The molecular weight excluding hydrogens is 288 g/mol. The van der Waals surface area contributed by atoms with Gasteiger partial charge in [-0.05, 0) is 12.8 Å². The second-order valence-corrected chi connectivity index (χ2v) is 6.09. The average molecular weight is 306 g/mol. The number of carbonyl (C=O) groups is 1. The number of aryl methyl sites for hydroxylation is 1. The van der Waals surface area contributed by atoms with E-state index >= 15 is 0 Å². The smallest absolute Gasteiger partial charge is 0.265 e. The number of amides is 1. The van der Waals surface area contributed by atoms with Crippen LogP contribution in [0.2, 0.25) is 0 Å². The third-order valence-electron chi connectivity index (χ3n) is 3.44. The van der Waals surface area contributed by atoms with Crippen molar-refractivity contribution in [3.8, 4) is 0 Å². The van der Waals surface area contributed by atoms with Crippen molar-refractivity contribution in [2.45, 2.75) is 19.4 Å². The molecule has 21 heavy (non-hydrogen) atoms. The predicted molar refractivity (Wildman–Crippen MR) is 82.4 cm³/mol. The zero-order valence-corrected chi connectivity index (χ0v) is 12.7. The van der Waals surface area contributed by atoms with Crippen molar-refractivity contribution in [2.24, 2.45) is 7.05 Å². The molecule has 0 atom stereocenters. The molecule has 1 amide bonds. The van der Waals surface area contributed by atoms with Crippen LogP contribution in [0.25, 0.3) is 0 Å². The summed E-state index contributed by atoms with van der Waals surface area (Å²) in [7, 11) is 1.84. The fourth-order valence-corrected chi connectivity index (χ4v) is 3.31. The molecule has 1 aliphatic heterocycles. The minimum Gasteiger partial charge on any atom is -0.382 e. The minimum absolute atomic E-state index is 0.181. The van der Waals surface area contributed by atoms with Gasteiger partial charge in [-0.25, -0.2) is 4.98 Å². The normalized spacial score (nSPS) is 14.6.